The molecule has 1 fully saturated rings. The number of aromatic carboxylic acids is 1. The Morgan fingerprint density at radius 3 is 3.06 bits per heavy atom. The Morgan fingerprint density at radius 1 is 1.62 bits per heavy atom. The predicted molar refractivity (Wildman–Crippen MR) is 55.6 cm³/mol. The summed E-state index contributed by atoms with van der Waals surface area (Å²) in [4.78, 5) is 18.4. The maximum Gasteiger partial charge on any atom is 0.354 e. The minimum absolute atomic E-state index is 0.0796. The molecular formula is C9H10ClN3O3. The first kappa shape index (κ1) is 11.3. The molecule has 86 valence electrons. The maximum absolute atomic E-state index is 10.8. The van der Waals surface area contributed by atoms with Crippen LogP contribution in [0.25, 0.3) is 0 Å². The van der Waals surface area contributed by atoms with Crippen LogP contribution in [-0.4, -0.2) is 40.7 Å². The number of hydrogen-bond acceptors (Lipinski definition) is 5. The molecule has 1 unspecified atom stereocenters. The molecule has 1 atom stereocenters. The van der Waals surface area contributed by atoms with Crippen LogP contribution in [-0.2, 0) is 4.74 Å². The minimum Gasteiger partial charge on any atom is -0.477 e. The van der Waals surface area contributed by atoms with Gasteiger partial charge in [0.25, 0.3) is 0 Å². The van der Waals surface area contributed by atoms with Crippen molar-refractivity contribution in [2.24, 2.45) is 0 Å². The molecule has 0 aliphatic carbocycles. The average molecular weight is 244 g/mol. The van der Waals surface area contributed by atoms with Crippen molar-refractivity contribution >= 4 is 17.6 Å². The zero-order valence-electron chi connectivity index (χ0n) is 8.31. The van der Waals surface area contributed by atoms with Crippen molar-refractivity contribution in [2.45, 2.75) is 6.10 Å². The van der Waals surface area contributed by atoms with E-state index in [0.717, 1.165) is 6.54 Å². The van der Waals surface area contributed by atoms with Crippen LogP contribution in [0, 0.1) is 0 Å². The van der Waals surface area contributed by atoms with Gasteiger partial charge < -0.3 is 15.2 Å². The molecule has 2 rings (SSSR count). The quantitative estimate of drug-likeness (QED) is 0.736. The molecule has 1 aliphatic rings. The van der Waals surface area contributed by atoms with Crippen LogP contribution in [0.2, 0.25) is 5.28 Å². The van der Waals surface area contributed by atoms with Gasteiger partial charge in [0.05, 0.1) is 12.3 Å². The third-order valence-corrected chi connectivity index (χ3v) is 2.36. The molecule has 0 bridgehead atoms. The predicted octanol–water partition coefficient (Wildman–Crippen LogP) is 0.489. The molecule has 7 heteroatoms. The molecule has 1 aromatic rings. The van der Waals surface area contributed by atoms with Crippen LogP contribution in [0.3, 0.4) is 0 Å². The number of rotatable bonds is 2. The molecule has 0 aromatic carbocycles. The van der Waals surface area contributed by atoms with Gasteiger partial charge in [-0.15, -0.1) is 0 Å². The van der Waals surface area contributed by atoms with Gasteiger partial charge in [-0.25, -0.2) is 14.8 Å². The van der Waals surface area contributed by atoms with E-state index in [9.17, 15) is 4.79 Å². The molecule has 0 saturated carbocycles. The van der Waals surface area contributed by atoms with E-state index in [-0.39, 0.29) is 17.1 Å². The minimum atomic E-state index is -1.13. The number of carboxylic acid groups (broad SMARTS) is 1. The summed E-state index contributed by atoms with van der Waals surface area (Å²) in [6.07, 6.45) is -0.271. The lowest BCUT2D eigenvalue weighted by Gasteiger charge is -2.23. The first-order valence-electron chi connectivity index (χ1n) is 4.77. The fourth-order valence-corrected chi connectivity index (χ4v) is 1.65. The summed E-state index contributed by atoms with van der Waals surface area (Å²) in [6.45, 7) is 1.93. The number of halogens is 1. The number of hydrogen-bond donors (Lipinski definition) is 2. The summed E-state index contributed by atoms with van der Waals surface area (Å²) in [7, 11) is 0. The van der Waals surface area contributed by atoms with E-state index in [0.29, 0.717) is 18.8 Å². The Kier molecular flexibility index (Phi) is 3.33. The van der Waals surface area contributed by atoms with Crippen LogP contribution >= 0.6 is 11.6 Å². The van der Waals surface area contributed by atoms with E-state index >= 15 is 0 Å². The summed E-state index contributed by atoms with van der Waals surface area (Å²) < 4.78 is 5.45. The van der Waals surface area contributed by atoms with Crippen molar-refractivity contribution < 1.29 is 14.6 Å². The highest BCUT2D eigenvalue weighted by Crippen LogP contribution is 2.18. The van der Waals surface area contributed by atoms with Gasteiger partial charge >= 0.3 is 5.97 Å². The normalized spacial score (nSPS) is 20.7. The maximum atomic E-state index is 10.8. The highest BCUT2D eigenvalue weighted by molar-refractivity contribution is 6.28. The second-order valence-electron chi connectivity index (χ2n) is 3.32. The molecule has 1 aromatic heterocycles. The number of morpholine rings is 1. The van der Waals surface area contributed by atoms with E-state index in [1.807, 2.05) is 0 Å². The van der Waals surface area contributed by atoms with E-state index in [1.165, 1.54) is 6.07 Å². The highest BCUT2D eigenvalue weighted by atomic mass is 35.5. The van der Waals surface area contributed by atoms with Gasteiger partial charge in [0, 0.05) is 13.1 Å². The van der Waals surface area contributed by atoms with Crippen LogP contribution in [0.15, 0.2) is 6.07 Å². The molecule has 16 heavy (non-hydrogen) atoms. The molecule has 2 N–H and O–H groups in total. The van der Waals surface area contributed by atoms with Crippen LogP contribution in [0.5, 0.6) is 0 Å². The zero-order chi connectivity index (χ0) is 11.5. The standard InChI is InChI=1S/C9H10ClN3O3/c10-9-12-5(3-6(13-9)8(14)15)7-4-11-1-2-16-7/h3,7,11H,1-2,4H2,(H,14,15). The summed E-state index contributed by atoms with van der Waals surface area (Å²) >= 11 is 5.65. The van der Waals surface area contributed by atoms with Gasteiger partial charge in [0.2, 0.25) is 5.28 Å². The SMILES string of the molecule is O=C(O)c1cc(C2CNCCO2)nc(Cl)n1. The van der Waals surface area contributed by atoms with Crippen molar-refractivity contribution in [3.05, 3.63) is 22.7 Å². The third-order valence-electron chi connectivity index (χ3n) is 2.20. The Bertz CT molecular complexity index is 407. The van der Waals surface area contributed by atoms with E-state index in [4.69, 9.17) is 21.4 Å². The van der Waals surface area contributed by atoms with Crippen LogP contribution in [0.4, 0.5) is 0 Å². The monoisotopic (exact) mass is 243 g/mol. The molecule has 1 saturated heterocycles. The fraction of sp³-hybridized carbons (Fsp3) is 0.444. The third kappa shape index (κ3) is 2.46. The Labute approximate surface area is 96.6 Å². The van der Waals surface area contributed by atoms with Crippen molar-refractivity contribution in [3.8, 4) is 0 Å². The van der Waals surface area contributed by atoms with Gasteiger partial charge in [0.1, 0.15) is 6.10 Å². The van der Waals surface area contributed by atoms with Gasteiger partial charge in [-0.1, -0.05) is 0 Å². The topological polar surface area (TPSA) is 84.3 Å². The lowest BCUT2D eigenvalue weighted by Crippen LogP contribution is -2.34. The lowest BCUT2D eigenvalue weighted by molar-refractivity contribution is 0.0248. The summed E-state index contributed by atoms with van der Waals surface area (Å²) in [6, 6.07) is 1.38. The number of ether oxygens (including phenoxy) is 1. The van der Waals surface area contributed by atoms with Crippen LogP contribution < -0.4 is 5.32 Å². The lowest BCUT2D eigenvalue weighted by atomic mass is 10.2. The summed E-state index contributed by atoms with van der Waals surface area (Å²) in [5.74, 6) is -1.13. The molecule has 0 spiro atoms. The Hall–Kier alpha value is -1.24. The summed E-state index contributed by atoms with van der Waals surface area (Å²) in [5, 5.41) is 11.9. The first-order valence-corrected chi connectivity index (χ1v) is 5.14. The second kappa shape index (κ2) is 4.73. The molecule has 2 heterocycles. The molecular weight excluding hydrogens is 234 g/mol. The van der Waals surface area contributed by atoms with Crippen molar-refractivity contribution in [1.29, 1.82) is 0 Å². The van der Waals surface area contributed by atoms with Crippen molar-refractivity contribution in [2.75, 3.05) is 19.7 Å². The van der Waals surface area contributed by atoms with E-state index < -0.39 is 5.97 Å². The zero-order valence-corrected chi connectivity index (χ0v) is 9.07. The highest BCUT2D eigenvalue weighted by Gasteiger charge is 2.20. The number of nitrogens with zero attached hydrogens (tertiary/aromatic N) is 2. The average Bonchev–Trinajstić information content (AvgIpc) is 2.29. The Morgan fingerprint density at radius 2 is 2.44 bits per heavy atom. The molecule has 1 aliphatic heterocycles. The number of aromatic nitrogens is 2. The smallest absolute Gasteiger partial charge is 0.354 e. The molecule has 6 nitrogen and oxygen atoms in total. The van der Waals surface area contributed by atoms with Gasteiger partial charge in [-0.2, -0.15) is 0 Å². The molecule has 0 amide bonds. The number of carboxylic acids is 1. The van der Waals surface area contributed by atoms with Crippen molar-refractivity contribution in [1.82, 2.24) is 15.3 Å². The fourth-order valence-electron chi connectivity index (χ4n) is 1.47. The van der Waals surface area contributed by atoms with Gasteiger partial charge in [-0.3, -0.25) is 0 Å². The second-order valence-corrected chi connectivity index (χ2v) is 3.65. The van der Waals surface area contributed by atoms with E-state index in [2.05, 4.69) is 15.3 Å². The summed E-state index contributed by atoms with van der Waals surface area (Å²) in [5.41, 5.74) is 0.369. The molecule has 0 radical (unpaired) electrons. The van der Waals surface area contributed by atoms with Crippen molar-refractivity contribution in [3.63, 3.8) is 0 Å². The van der Waals surface area contributed by atoms with E-state index in [1.54, 1.807) is 0 Å². The van der Waals surface area contributed by atoms with Crippen LogP contribution in [0.1, 0.15) is 22.3 Å². The Balaban J connectivity index is 2.28. The first-order chi connectivity index (χ1) is 7.66. The van der Waals surface area contributed by atoms with Gasteiger partial charge in [-0.05, 0) is 17.7 Å². The number of nitrogens with one attached hydrogen (secondary N) is 1. The largest absolute Gasteiger partial charge is 0.477 e. The number of carbonyl (C=O) groups is 1. The van der Waals surface area contributed by atoms with Gasteiger partial charge in [0.15, 0.2) is 5.69 Å².